The van der Waals surface area contributed by atoms with Crippen molar-refractivity contribution in [3.05, 3.63) is 70.8 Å². The quantitative estimate of drug-likeness (QED) is 0.357. The lowest BCUT2D eigenvalue weighted by Crippen LogP contribution is -2.02. The number of hydrogen-bond donors (Lipinski definition) is 0. The van der Waals surface area contributed by atoms with E-state index in [2.05, 4.69) is 6.92 Å². The number of allylic oxidation sites excluding steroid dienone is 1. The molecule has 0 aromatic heterocycles. The van der Waals surface area contributed by atoms with Gasteiger partial charge in [0.25, 0.3) is 0 Å². The molecule has 27 heavy (non-hydrogen) atoms. The molecule has 0 spiro atoms. The molecule has 0 aliphatic carbocycles. The zero-order valence-corrected chi connectivity index (χ0v) is 15.0. The minimum Gasteiger partial charge on any atom is -0.489 e. The van der Waals surface area contributed by atoms with E-state index in [4.69, 9.17) is 4.74 Å². The number of benzene rings is 2. The molecule has 0 radical (unpaired) electrons. The predicted molar refractivity (Wildman–Crippen MR) is 95.5 cm³/mol. The van der Waals surface area contributed by atoms with E-state index >= 15 is 0 Å². The summed E-state index contributed by atoms with van der Waals surface area (Å²) >= 11 is 0. The summed E-state index contributed by atoms with van der Waals surface area (Å²) in [6.07, 6.45) is -0.0299. The second-order valence-corrected chi connectivity index (χ2v) is 6.24. The van der Waals surface area contributed by atoms with Gasteiger partial charge in [-0.05, 0) is 30.0 Å². The van der Waals surface area contributed by atoms with Crippen molar-refractivity contribution in [2.45, 2.75) is 45.4 Å². The third-order valence-electron chi connectivity index (χ3n) is 3.99. The molecule has 2 aromatic rings. The van der Waals surface area contributed by atoms with E-state index in [1.807, 2.05) is 24.3 Å². The third-order valence-corrected chi connectivity index (χ3v) is 3.99. The average molecular weight is 384 g/mol. The first kappa shape index (κ1) is 20.9. The molecule has 0 heterocycles. The number of rotatable bonds is 8. The summed E-state index contributed by atoms with van der Waals surface area (Å²) in [5, 5.41) is 0. The zero-order valence-electron chi connectivity index (χ0n) is 15.0. The monoisotopic (exact) mass is 384 g/mol. The first-order valence-electron chi connectivity index (χ1n) is 8.74. The first-order chi connectivity index (χ1) is 12.8. The molecule has 0 fully saturated rings. The summed E-state index contributed by atoms with van der Waals surface area (Å²) in [4.78, 5) is 0. The van der Waals surface area contributed by atoms with Crippen molar-refractivity contribution >= 4 is 6.08 Å². The molecule has 0 aliphatic heterocycles. The van der Waals surface area contributed by atoms with Crippen molar-refractivity contribution < 1.29 is 26.7 Å². The normalized spacial score (nSPS) is 11.9. The molecule has 0 atom stereocenters. The second kappa shape index (κ2) is 9.53. The standard InChI is InChI=1S/C21H21F5O/c1-2-3-4-5-15-6-8-16(9-7-15)14-27-17-12-19(22)18(20(23)13-17)10-11-21(24,25)26/h6-13H,2-5,14H2,1H3. The van der Waals surface area contributed by atoms with Crippen LogP contribution >= 0.6 is 0 Å². The molecular weight excluding hydrogens is 363 g/mol. The molecular formula is C21H21F5O. The molecule has 2 aromatic carbocycles. The second-order valence-electron chi connectivity index (χ2n) is 6.24. The molecule has 6 heteroatoms. The van der Waals surface area contributed by atoms with Crippen molar-refractivity contribution in [3.63, 3.8) is 0 Å². The van der Waals surface area contributed by atoms with Gasteiger partial charge >= 0.3 is 6.18 Å². The Hall–Kier alpha value is -2.37. The summed E-state index contributed by atoms with van der Waals surface area (Å²) in [7, 11) is 0. The number of ether oxygens (including phenoxy) is 1. The summed E-state index contributed by atoms with van der Waals surface area (Å²) in [6.45, 7) is 2.25. The van der Waals surface area contributed by atoms with Crippen LogP contribution in [-0.4, -0.2) is 6.18 Å². The topological polar surface area (TPSA) is 9.23 Å². The largest absolute Gasteiger partial charge is 0.489 e. The van der Waals surface area contributed by atoms with Crippen LogP contribution in [0, 0.1) is 11.6 Å². The van der Waals surface area contributed by atoms with E-state index in [9.17, 15) is 22.0 Å². The highest BCUT2D eigenvalue weighted by Crippen LogP contribution is 2.25. The van der Waals surface area contributed by atoms with Gasteiger partial charge < -0.3 is 4.74 Å². The summed E-state index contributed by atoms with van der Waals surface area (Å²) in [6, 6.07) is 9.49. The molecule has 0 bridgehead atoms. The molecule has 2 rings (SSSR count). The van der Waals surface area contributed by atoms with E-state index in [-0.39, 0.29) is 18.4 Å². The Morgan fingerprint density at radius 1 is 0.926 bits per heavy atom. The Labute approximate surface area is 155 Å². The van der Waals surface area contributed by atoms with E-state index in [0.29, 0.717) is 6.08 Å². The lowest BCUT2D eigenvalue weighted by molar-refractivity contribution is -0.0790. The first-order valence-corrected chi connectivity index (χ1v) is 8.74. The molecule has 0 amide bonds. The maximum atomic E-state index is 13.9. The Balaban J connectivity index is 1.99. The minimum absolute atomic E-state index is 0.0822. The summed E-state index contributed by atoms with van der Waals surface area (Å²) in [5.41, 5.74) is 1.29. The fraction of sp³-hybridized carbons (Fsp3) is 0.333. The predicted octanol–water partition coefficient (Wildman–Crippen LogP) is 6.85. The maximum Gasteiger partial charge on any atom is 0.409 e. The van der Waals surface area contributed by atoms with Gasteiger partial charge in [-0.15, -0.1) is 0 Å². The van der Waals surface area contributed by atoms with Crippen molar-refractivity contribution in [2.24, 2.45) is 0 Å². The van der Waals surface area contributed by atoms with Crippen molar-refractivity contribution in [1.82, 2.24) is 0 Å². The molecule has 0 saturated heterocycles. The zero-order chi connectivity index (χ0) is 19.9. The van der Waals surface area contributed by atoms with Crippen molar-refractivity contribution in [3.8, 4) is 5.75 Å². The molecule has 0 saturated carbocycles. The fourth-order valence-electron chi connectivity index (χ4n) is 2.53. The van der Waals surface area contributed by atoms with Gasteiger partial charge in [-0.2, -0.15) is 13.2 Å². The Morgan fingerprint density at radius 3 is 2.07 bits per heavy atom. The van der Waals surface area contributed by atoms with Crippen LogP contribution in [0.5, 0.6) is 5.75 Å². The van der Waals surface area contributed by atoms with E-state index in [1.165, 1.54) is 12.0 Å². The number of unbranched alkanes of at least 4 members (excludes halogenated alkanes) is 2. The summed E-state index contributed by atoms with van der Waals surface area (Å²) in [5.74, 6) is -2.31. The van der Waals surface area contributed by atoms with Gasteiger partial charge in [-0.1, -0.05) is 44.0 Å². The highest BCUT2D eigenvalue weighted by molar-refractivity contribution is 5.53. The molecule has 1 nitrogen and oxygen atoms in total. The minimum atomic E-state index is -4.64. The fourth-order valence-corrected chi connectivity index (χ4v) is 2.53. The van der Waals surface area contributed by atoms with Gasteiger partial charge in [0.05, 0.1) is 0 Å². The van der Waals surface area contributed by atoms with Gasteiger partial charge in [0.1, 0.15) is 24.0 Å². The van der Waals surface area contributed by atoms with Crippen LogP contribution < -0.4 is 4.74 Å². The van der Waals surface area contributed by atoms with Crippen LogP contribution in [0.4, 0.5) is 22.0 Å². The highest BCUT2D eigenvalue weighted by Gasteiger charge is 2.23. The SMILES string of the molecule is CCCCCc1ccc(COc2cc(F)c(C=CC(F)(F)F)c(F)c2)cc1. The van der Waals surface area contributed by atoms with Crippen molar-refractivity contribution in [2.75, 3.05) is 0 Å². The Kier molecular flexibility index (Phi) is 7.39. The Bertz CT molecular complexity index is 740. The highest BCUT2D eigenvalue weighted by atomic mass is 19.4. The van der Waals surface area contributed by atoms with Crippen LogP contribution in [0.25, 0.3) is 6.08 Å². The Morgan fingerprint density at radius 2 is 1.52 bits per heavy atom. The van der Waals surface area contributed by atoms with Crippen LogP contribution in [0.1, 0.15) is 42.9 Å². The maximum absolute atomic E-state index is 13.9. The molecule has 0 aliphatic rings. The number of aryl methyl sites for hydroxylation is 1. The summed E-state index contributed by atoms with van der Waals surface area (Å²) < 4.78 is 69.6. The van der Waals surface area contributed by atoms with Gasteiger partial charge in [-0.3, -0.25) is 0 Å². The smallest absolute Gasteiger partial charge is 0.409 e. The van der Waals surface area contributed by atoms with E-state index < -0.39 is 23.4 Å². The number of alkyl halides is 3. The van der Waals surface area contributed by atoms with Crippen molar-refractivity contribution in [1.29, 1.82) is 0 Å². The van der Waals surface area contributed by atoms with E-state index in [1.54, 1.807) is 0 Å². The van der Waals surface area contributed by atoms with Crippen LogP contribution in [0.15, 0.2) is 42.5 Å². The van der Waals surface area contributed by atoms with Crippen LogP contribution in [0.2, 0.25) is 0 Å². The molecule has 0 unspecified atom stereocenters. The number of halogens is 5. The molecule has 146 valence electrons. The van der Waals surface area contributed by atoms with Crippen LogP contribution in [-0.2, 0) is 13.0 Å². The third kappa shape index (κ3) is 7.04. The van der Waals surface area contributed by atoms with Gasteiger partial charge in [0.2, 0.25) is 0 Å². The van der Waals surface area contributed by atoms with Gasteiger partial charge in [-0.25, -0.2) is 8.78 Å². The lowest BCUT2D eigenvalue weighted by Gasteiger charge is -2.09. The van der Waals surface area contributed by atoms with Gasteiger partial charge in [0.15, 0.2) is 0 Å². The van der Waals surface area contributed by atoms with Crippen LogP contribution in [0.3, 0.4) is 0 Å². The molecule has 0 N–H and O–H groups in total. The number of hydrogen-bond acceptors (Lipinski definition) is 1. The van der Waals surface area contributed by atoms with Gasteiger partial charge in [0, 0.05) is 23.8 Å². The van der Waals surface area contributed by atoms with E-state index in [0.717, 1.165) is 37.0 Å². The average Bonchev–Trinajstić information content (AvgIpc) is 2.59. The lowest BCUT2D eigenvalue weighted by atomic mass is 10.1.